The van der Waals surface area contributed by atoms with Gasteiger partial charge in [0.1, 0.15) is 6.07 Å². The fraction of sp³-hybridized carbons (Fsp3) is 0.364. The maximum atomic E-state index is 12.8. The summed E-state index contributed by atoms with van der Waals surface area (Å²) < 4.78 is 30.0. The van der Waals surface area contributed by atoms with Crippen molar-refractivity contribution in [3.05, 3.63) is 28.6 Å². The van der Waals surface area contributed by atoms with Crippen LogP contribution in [0.2, 0.25) is 0 Å². The second kappa shape index (κ2) is 5.34. The zero-order chi connectivity index (χ0) is 13.0. The van der Waals surface area contributed by atoms with E-state index in [1.54, 1.807) is 6.07 Å². The van der Waals surface area contributed by atoms with Gasteiger partial charge < -0.3 is 4.74 Å². The molecule has 0 spiro atoms. The highest BCUT2D eigenvalue weighted by Gasteiger charge is 2.21. The average molecular weight is 240 g/mol. The number of rotatable bonds is 3. The highest BCUT2D eigenvalue weighted by atomic mass is 19.3. The fourth-order valence-corrected chi connectivity index (χ4v) is 1.42. The molecule has 0 saturated heterocycles. The van der Waals surface area contributed by atoms with Gasteiger partial charge in [0.2, 0.25) is 0 Å². The average Bonchev–Trinajstić information content (AvgIpc) is 2.30. The number of ether oxygens (including phenoxy) is 1. The minimum absolute atomic E-state index is 0.0881. The monoisotopic (exact) mass is 240 g/mol. The van der Waals surface area contributed by atoms with Crippen LogP contribution in [0.4, 0.5) is 8.78 Å². The molecule has 1 heterocycles. The summed E-state index contributed by atoms with van der Waals surface area (Å²) >= 11 is 0. The van der Waals surface area contributed by atoms with Crippen molar-refractivity contribution in [2.75, 3.05) is 7.11 Å². The van der Waals surface area contributed by atoms with Crippen LogP contribution in [0.3, 0.4) is 0 Å². The molecule has 0 fully saturated rings. The first kappa shape index (κ1) is 13.0. The van der Waals surface area contributed by atoms with Crippen LogP contribution in [-0.2, 0) is 16.0 Å². The third-order valence-corrected chi connectivity index (χ3v) is 2.29. The summed E-state index contributed by atoms with van der Waals surface area (Å²) in [6.07, 6.45) is -1.79. The van der Waals surface area contributed by atoms with E-state index >= 15 is 0 Å². The number of nitrogens with zero attached hydrogens (tertiary/aromatic N) is 2. The zero-order valence-electron chi connectivity index (χ0n) is 9.33. The Balaban J connectivity index is 3.29. The first-order valence-corrected chi connectivity index (χ1v) is 4.74. The summed E-state index contributed by atoms with van der Waals surface area (Å²) in [5.41, 5.74) is -0.378. The summed E-state index contributed by atoms with van der Waals surface area (Å²) in [6, 6.07) is 1.69. The normalized spacial score (nSPS) is 10.1. The molecule has 0 aliphatic carbocycles. The summed E-state index contributed by atoms with van der Waals surface area (Å²) in [6.45, 7) is 1.39. The Bertz CT molecular complexity index is 481. The molecule has 0 atom stereocenters. The molecule has 1 aromatic rings. The predicted molar refractivity (Wildman–Crippen MR) is 54.4 cm³/mol. The van der Waals surface area contributed by atoms with Crippen LogP contribution >= 0.6 is 0 Å². The number of methoxy groups -OCH3 is 1. The number of aryl methyl sites for hydroxylation is 1. The first-order chi connectivity index (χ1) is 8.01. The fourth-order valence-electron chi connectivity index (χ4n) is 1.42. The van der Waals surface area contributed by atoms with Crippen molar-refractivity contribution in [2.45, 2.75) is 19.8 Å². The van der Waals surface area contributed by atoms with E-state index in [4.69, 9.17) is 5.26 Å². The van der Waals surface area contributed by atoms with E-state index in [1.165, 1.54) is 20.2 Å². The number of halogens is 2. The van der Waals surface area contributed by atoms with Gasteiger partial charge in [-0.1, -0.05) is 0 Å². The van der Waals surface area contributed by atoms with Crippen molar-refractivity contribution in [1.82, 2.24) is 4.98 Å². The van der Waals surface area contributed by atoms with E-state index < -0.39 is 18.0 Å². The quantitative estimate of drug-likeness (QED) is 0.757. The lowest BCUT2D eigenvalue weighted by molar-refractivity contribution is -0.139. The van der Waals surface area contributed by atoms with Crippen molar-refractivity contribution in [3.8, 4) is 6.07 Å². The van der Waals surface area contributed by atoms with Crippen LogP contribution in [0.15, 0.2) is 6.20 Å². The lowest BCUT2D eigenvalue weighted by atomic mass is 10.0. The molecule has 0 radical (unpaired) electrons. The minimum atomic E-state index is -2.80. The van der Waals surface area contributed by atoms with Crippen LogP contribution in [0.1, 0.15) is 28.8 Å². The number of nitriles is 1. The Morgan fingerprint density at radius 3 is 2.76 bits per heavy atom. The third-order valence-electron chi connectivity index (χ3n) is 2.29. The van der Waals surface area contributed by atoms with Crippen LogP contribution in [0, 0.1) is 18.3 Å². The molecule has 0 aliphatic rings. The third kappa shape index (κ3) is 2.75. The number of esters is 1. The molecule has 90 valence electrons. The smallest absolute Gasteiger partial charge is 0.310 e. The molecule has 6 heteroatoms. The minimum Gasteiger partial charge on any atom is -0.469 e. The summed E-state index contributed by atoms with van der Waals surface area (Å²) in [5.74, 6) is -0.604. The topological polar surface area (TPSA) is 63.0 Å². The van der Waals surface area contributed by atoms with E-state index in [2.05, 4.69) is 9.72 Å². The maximum absolute atomic E-state index is 12.8. The second-order valence-corrected chi connectivity index (χ2v) is 3.32. The molecule has 0 amide bonds. The number of hydrogen-bond donors (Lipinski definition) is 0. The van der Waals surface area contributed by atoms with Crippen LogP contribution < -0.4 is 0 Å². The Morgan fingerprint density at radius 1 is 1.65 bits per heavy atom. The van der Waals surface area contributed by atoms with Gasteiger partial charge in [-0.2, -0.15) is 5.26 Å². The van der Waals surface area contributed by atoms with Crippen LogP contribution in [0.5, 0.6) is 0 Å². The number of carbonyl (C=O) groups is 1. The summed E-state index contributed by atoms with van der Waals surface area (Å²) in [4.78, 5) is 14.8. The molecule has 0 aliphatic heterocycles. The van der Waals surface area contributed by atoms with Crippen LogP contribution in [0.25, 0.3) is 0 Å². The van der Waals surface area contributed by atoms with Crippen LogP contribution in [-0.4, -0.2) is 18.1 Å². The molecule has 17 heavy (non-hydrogen) atoms. The van der Waals surface area contributed by atoms with Gasteiger partial charge in [-0.05, 0) is 12.5 Å². The van der Waals surface area contributed by atoms with Gasteiger partial charge in [0.15, 0.2) is 0 Å². The number of aromatic nitrogens is 1. The molecule has 0 aromatic carbocycles. The molecule has 1 aromatic heterocycles. The summed E-state index contributed by atoms with van der Waals surface area (Å²) in [7, 11) is 1.18. The van der Waals surface area contributed by atoms with Crippen molar-refractivity contribution in [1.29, 1.82) is 5.26 Å². The Labute approximate surface area is 96.8 Å². The molecule has 0 bridgehead atoms. The number of carbonyl (C=O) groups excluding carboxylic acids is 1. The van der Waals surface area contributed by atoms with E-state index in [9.17, 15) is 13.6 Å². The predicted octanol–water partition coefficient (Wildman–Crippen LogP) is 1.91. The lowest BCUT2D eigenvalue weighted by Gasteiger charge is -2.10. The maximum Gasteiger partial charge on any atom is 0.310 e. The van der Waals surface area contributed by atoms with E-state index in [0.717, 1.165) is 0 Å². The van der Waals surface area contributed by atoms with E-state index in [1.807, 2.05) is 0 Å². The molecule has 0 unspecified atom stereocenters. The highest BCUT2D eigenvalue weighted by Crippen LogP contribution is 2.27. The summed E-state index contributed by atoms with van der Waals surface area (Å²) in [5, 5.41) is 8.89. The van der Waals surface area contributed by atoms with Crippen molar-refractivity contribution in [3.63, 3.8) is 0 Å². The van der Waals surface area contributed by atoms with Gasteiger partial charge in [0.25, 0.3) is 6.43 Å². The molecule has 0 N–H and O–H groups in total. The number of hydrogen-bond acceptors (Lipinski definition) is 4. The van der Waals surface area contributed by atoms with Gasteiger partial charge in [-0.15, -0.1) is 0 Å². The van der Waals surface area contributed by atoms with Gasteiger partial charge in [-0.3, -0.25) is 9.78 Å². The van der Waals surface area contributed by atoms with E-state index in [0.29, 0.717) is 0 Å². The van der Waals surface area contributed by atoms with Gasteiger partial charge in [0.05, 0.1) is 24.7 Å². The van der Waals surface area contributed by atoms with Gasteiger partial charge in [0, 0.05) is 11.9 Å². The Morgan fingerprint density at radius 2 is 2.29 bits per heavy atom. The molecular formula is C11H10F2N2O2. The SMILES string of the molecule is COC(=O)Cc1cnc(C)c(C(F)F)c1C#N. The molecule has 1 rings (SSSR count). The Kier molecular flexibility index (Phi) is 4.10. The van der Waals surface area contributed by atoms with E-state index in [-0.39, 0.29) is 23.2 Å². The highest BCUT2D eigenvalue weighted by molar-refractivity contribution is 5.73. The van der Waals surface area contributed by atoms with Gasteiger partial charge >= 0.3 is 5.97 Å². The number of pyridine rings is 1. The van der Waals surface area contributed by atoms with Crippen molar-refractivity contribution in [2.24, 2.45) is 0 Å². The standard InChI is InChI=1S/C11H10F2N2O2/c1-6-10(11(12)13)8(4-14)7(5-15-6)3-9(16)17-2/h5,11H,3H2,1-2H3. The van der Waals surface area contributed by atoms with Crippen molar-refractivity contribution < 1.29 is 18.3 Å². The molecule has 4 nitrogen and oxygen atoms in total. The number of alkyl halides is 2. The van der Waals surface area contributed by atoms with Gasteiger partial charge in [-0.25, -0.2) is 8.78 Å². The second-order valence-electron chi connectivity index (χ2n) is 3.32. The molecule has 0 saturated carbocycles. The Hall–Kier alpha value is -2.03. The molecular weight excluding hydrogens is 230 g/mol. The van der Waals surface area contributed by atoms with Crippen molar-refractivity contribution >= 4 is 5.97 Å². The first-order valence-electron chi connectivity index (χ1n) is 4.74. The zero-order valence-corrected chi connectivity index (χ0v) is 9.33. The largest absolute Gasteiger partial charge is 0.469 e. The lowest BCUT2D eigenvalue weighted by Crippen LogP contribution is -2.09.